The summed E-state index contributed by atoms with van der Waals surface area (Å²) < 4.78 is 32.1. The van der Waals surface area contributed by atoms with E-state index in [4.69, 9.17) is 4.52 Å². The van der Waals surface area contributed by atoms with E-state index < -0.39 is 10.0 Å². The number of likely N-dealkylation sites (tertiary alicyclic amines) is 1. The zero-order valence-electron chi connectivity index (χ0n) is 15.1. The molecule has 0 spiro atoms. The predicted octanol–water partition coefficient (Wildman–Crippen LogP) is 0.609. The minimum absolute atomic E-state index is 0.152. The molecule has 2 saturated heterocycles. The second kappa shape index (κ2) is 7.05. The van der Waals surface area contributed by atoms with Gasteiger partial charge in [0.2, 0.25) is 15.9 Å². The average Bonchev–Trinajstić information content (AvgIpc) is 3.24. The van der Waals surface area contributed by atoms with E-state index in [1.165, 1.54) is 4.31 Å². The molecule has 1 unspecified atom stereocenters. The average molecular weight is 370 g/mol. The van der Waals surface area contributed by atoms with E-state index in [1.54, 1.807) is 13.8 Å². The lowest BCUT2D eigenvalue weighted by Gasteiger charge is -2.37. The van der Waals surface area contributed by atoms with Crippen LogP contribution in [-0.2, 0) is 14.8 Å². The molecule has 2 fully saturated rings. The van der Waals surface area contributed by atoms with Crippen LogP contribution in [0.5, 0.6) is 0 Å². The molecule has 3 heterocycles. The normalized spacial score (nSPS) is 21.6. The molecule has 1 aromatic heterocycles. The number of amides is 1. The molecule has 0 N–H and O–H groups in total. The van der Waals surface area contributed by atoms with Gasteiger partial charge in [-0.25, -0.2) is 8.42 Å². The number of carbonyl (C=O) groups excluding carboxylic acids is 1. The Hall–Kier alpha value is -1.45. The van der Waals surface area contributed by atoms with Crippen LogP contribution >= 0.6 is 0 Å². The lowest BCUT2D eigenvalue weighted by molar-refractivity contribution is -0.135. The molecule has 1 amide bonds. The maximum atomic E-state index is 12.8. The molecule has 8 nitrogen and oxygen atoms in total. The van der Waals surface area contributed by atoms with Crippen LogP contribution in [0.1, 0.15) is 31.2 Å². The summed E-state index contributed by atoms with van der Waals surface area (Å²) in [4.78, 5) is 16.7. The lowest BCUT2D eigenvalue weighted by atomic mass is 10.2. The molecular formula is C16H26N4O4S. The molecule has 9 heteroatoms. The third-order valence-corrected chi connectivity index (χ3v) is 7.31. The van der Waals surface area contributed by atoms with Crippen molar-refractivity contribution in [3.63, 3.8) is 0 Å². The number of hydrogen-bond donors (Lipinski definition) is 0. The molecule has 3 rings (SSSR count). The van der Waals surface area contributed by atoms with E-state index in [0.29, 0.717) is 37.6 Å². The molecule has 0 radical (unpaired) electrons. The van der Waals surface area contributed by atoms with E-state index in [0.717, 1.165) is 25.9 Å². The van der Waals surface area contributed by atoms with Crippen LogP contribution in [0.15, 0.2) is 9.42 Å². The highest BCUT2D eigenvalue weighted by Crippen LogP contribution is 2.24. The van der Waals surface area contributed by atoms with Crippen LogP contribution in [0.2, 0.25) is 0 Å². The Morgan fingerprint density at radius 3 is 2.20 bits per heavy atom. The summed E-state index contributed by atoms with van der Waals surface area (Å²) in [5.74, 6) is 0.469. The number of hydrogen-bond acceptors (Lipinski definition) is 6. The van der Waals surface area contributed by atoms with Gasteiger partial charge in [0.15, 0.2) is 5.76 Å². The third-order valence-electron chi connectivity index (χ3n) is 5.16. The summed E-state index contributed by atoms with van der Waals surface area (Å²) in [6.45, 7) is 8.66. The maximum Gasteiger partial charge on any atom is 0.248 e. The highest BCUT2D eigenvalue weighted by atomic mass is 32.2. The second-order valence-corrected chi connectivity index (χ2v) is 8.68. The largest absolute Gasteiger partial charge is 0.360 e. The number of sulfonamides is 1. The summed E-state index contributed by atoms with van der Waals surface area (Å²) in [7, 11) is -3.61. The minimum atomic E-state index is -3.61. The van der Waals surface area contributed by atoms with Gasteiger partial charge in [0.05, 0.1) is 6.04 Å². The first-order valence-corrected chi connectivity index (χ1v) is 10.2. The first-order chi connectivity index (χ1) is 11.8. The number of carbonyl (C=O) groups is 1. The molecule has 0 bridgehead atoms. The molecule has 0 saturated carbocycles. The van der Waals surface area contributed by atoms with Crippen molar-refractivity contribution in [3.05, 3.63) is 11.5 Å². The van der Waals surface area contributed by atoms with Gasteiger partial charge in [-0.15, -0.1) is 0 Å². The molecule has 0 aliphatic carbocycles. The molecule has 1 aromatic rings. The zero-order chi connectivity index (χ0) is 18.2. The summed E-state index contributed by atoms with van der Waals surface area (Å²) >= 11 is 0. The number of aromatic nitrogens is 1. The smallest absolute Gasteiger partial charge is 0.248 e. The lowest BCUT2D eigenvalue weighted by Crippen LogP contribution is -2.55. The van der Waals surface area contributed by atoms with Gasteiger partial charge in [0.25, 0.3) is 0 Å². The summed E-state index contributed by atoms with van der Waals surface area (Å²) in [6.07, 6.45) is 2.14. The van der Waals surface area contributed by atoms with Crippen molar-refractivity contribution in [2.24, 2.45) is 0 Å². The van der Waals surface area contributed by atoms with Gasteiger partial charge in [-0.1, -0.05) is 5.16 Å². The van der Waals surface area contributed by atoms with Crippen molar-refractivity contribution in [2.45, 2.75) is 44.6 Å². The standard InChI is InChI=1S/C16H26N4O4S/c1-12-15(14(3)24-17-12)25(22,23)20-10-8-18(9-11-20)13(2)16(21)19-6-4-5-7-19/h13H,4-11H2,1-3H3. The van der Waals surface area contributed by atoms with Gasteiger partial charge < -0.3 is 9.42 Å². The Balaban J connectivity index is 1.64. The Morgan fingerprint density at radius 1 is 1.08 bits per heavy atom. The summed E-state index contributed by atoms with van der Waals surface area (Å²) in [6, 6.07) is -0.206. The molecule has 2 aliphatic rings. The fraction of sp³-hybridized carbons (Fsp3) is 0.750. The topological polar surface area (TPSA) is 87.0 Å². The zero-order valence-corrected chi connectivity index (χ0v) is 15.9. The van der Waals surface area contributed by atoms with Gasteiger partial charge in [-0.2, -0.15) is 4.31 Å². The molecular weight excluding hydrogens is 344 g/mol. The van der Waals surface area contributed by atoms with Gasteiger partial charge in [-0.05, 0) is 33.6 Å². The summed E-state index contributed by atoms with van der Waals surface area (Å²) in [5.41, 5.74) is 0.387. The Bertz CT molecular complexity index is 712. The van der Waals surface area contributed by atoms with Crippen molar-refractivity contribution in [1.82, 2.24) is 19.3 Å². The molecule has 1 atom stereocenters. The highest BCUT2D eigenvalue weighted by molar-refractivity contribution is 7.89. The van der Waals surface area contributed by atoms with E-state index in [-0.39, 0.29) is 16.8 Å². The van der Waals surface area contributed by atoms with Crippen LogP contribution in [0.4, 0.5) is 0 Å². The Kier molecular flexibility index (Phi) is 5.17. The number of piperazine rings is 1. The Morgan fingerprint density at radius 2 is 1.68 bits per heavy atom. The van der Waals surface area contributed by atoms with Crippen molar-refractivity contribution in [2.75, 3.05) is 39.3 Å². The number of nitrogens with zero attached hydrogens (tertiary/aromatic N) is 4. The SMILES string of the molecule is Cc1noc(C)c1S(=O)(=O)N1CCN(C(C)C(=O)N2CCCC2)CC1. The fourth-order valence-corrected chi connectivity index (χ4v) is 5.37. The molecule has 2 aliphatic heterocycles. The number of rotatable bonds is 4. The van der Waals surface area contributed by atoms with Crippen LogP contribution in [-0.4, -0.2) is 78.9 Å². The number of aryl methyl sites for hydroxylation is 2. The van der Waals surface area contributed by atoms with Gasteiger partial charge in [0, 0.05) is 39.3 Å². The van der Waals surface area contributed by atoms with Crippen molar-refractivity contribution >= 4 is 15.9 Å². The van der Waals surface area contributed by atoms with Crippen LogP contribution < -0.4 is 0 Å². The fourth-order valence-electron chi connectivity index (χ4n) is 3.66. The van der Waals surface area contributed by atoms with Crippen LogP contribution in [0.25, 0.3) is 0 Å². The van der Waals surface area contributed by atoms with Crippen molar-refractivity contribution in [1.29, 1.82) is 0 Å². The van der Waals surface area contributed by atoms with Crippen LogP contribution in [0.3, 0.4) is 0 Å². The van der Waals surface area contributed by atoms with E-state index >= 15 is 0 Å². The molecule has 25 heavy (non-hydrogen) atoms. The predicted molar refractivity (Wildman–Crippen MR) is 91.6 cm³/mol. The van der Waals surface area contributed by atoms with E-state index in [1.807, 2.05) is 11.8 Å². The van der Waals surface area contributed by atoms with Crippen molar-refractivity contribution < 1.29 is 17.7 Å². The quantitative estimate of drug-likeness (QED) is 0.772. The Labute approximate surface area is 148 Å². The highest BCUT2D eigenvalue weighted by Gasteiger charge is 2.36. The minimum Gasteiger partial charge on any atom is -0.360 e. The van der Waals surface area contributed by atoms with Gasteiger partial charge >= 0.3 is 0 Å². The van der Waals surface area contributed by atoms with Crippen molar-refractivity contribution in [3.8, 4) is 0 Å². The second-order valence-electron chi connectivity index (χ2n) is 6.80. The molecule has 140 valence electrons. The maximum absolute atomic E-state index is 12.8. The summed E-state index contributed by atoms with van der Waals surface area (Å²) in [5, 5.41) is 3.75. The third kappa shape index (κ3) is 3.45. The van der Waals surface area contributed by atoms with E-state index in [9.17, 15) is 13.2 Å². The first-order valence-electron chi connectivity index (χ1n) is 8.78. The molecule has 0 aromatic carbocycles. The van der Waals surface area contributed by atoms with Gasteiger partial charge in [0.1, 0.15) is 10.6 Å². The monoisotopic (exact) mass is 370 g/mol. The van der Waals surface area contributed by atoms with Gasteiger partial charge in [-0.3, -0.25) is 9.69 Å². The van der Waals surface area contributed by atoms with Crippen LogP contribution in [0, 0.1) is 13.8 Å². The first kappa shape index (κ1) is 18.3. The van der Waals surface area contributed by atoms with E-state index in [2.05, 4.69) is 10.1 Å².